The van der Waals surface area contributed by atoms with Crippen LogP contribution < -0.4 is 10.6 Å². The Balaban J connectivity index is 1.33. The molecular weight excluding hydrogens is 398 g/mol. The van der Waals surface area contributed by atoms with E-state index in [2.05, 4.69) is 66.6 Å². The molecular formula is C27H37N3O2. The van der Waals surface area contributed by atoms with E-state index in [9.17, 15) is 9.90 Å². The maximum absolute atomic E-state index is 13.1. The topological polar surface area (TPSA) is 64.6 Å². The van der Waals surface area contributed by atoms with Crippen LogP contribution in [0.2, 0.25) is 0 Å². The van der Waals surface area contributed by atoms with Crippen molar-refractivity contribution in [2.75, 3.05) is 19.6 Å². The summed E-state index contributed by atoms with van der Waals surface area (Å²) in [5.74, 6) is 0.821. The number of likely N-dealkylation sites (tertiary alicyclic amines) is 1. The van der Waals surface area contributed by atoms with E-state index in [4.69, 9.17) is 0 Å². The first-order valence-electron chi connectivity index (χ1n) is 12.0. The number of rotatable bonds is 6. The molecule has 32 heavy (non-hydrogen) atoms. The Hall–Kier alpha value is -2.37. The van der Waals surface area contributed by atoms with Crippen molar-refractivity contribution in [3.63, 3.8) is 0 Å². The van der Waals surface area contributed by atoms with Crippen LogP contribution in [0.4, 0.5) is 0 Å². The fraction of sp³-hybridized carbons (Fsp3) is 0.519. The first kappa shape index (κ1) is 22.8. The Bertz CT molecular complexity index is 934. The molecule has 5 nitrogen and oxygen atoms in total. The molecule has 2 aromatic rings. The summed E-state index contributed by atoms with van der Waals surface area (Å²) in [5, 5.41) is 16.6. The summed E-state index contributed by atoms with van der Waals surface area (Å²) in [4.78, 5) is 15.6. The third kappa shape index (κ3) is 5.16. The van der Waals surface area contributed by atoms with Gasteiger partial charge in [0.25, 0.3) is 0 Å². The maximum Gasteiger partial charge on any atom is 0.237 e. The number of amides is 1. The van der Waals surface area contributed by atoms with Crippen LogP contribution in [0.5, 0.6) is 5.75 Å². The summed E-state index contributed by atoms with van der Waals surface area (Å²) in [5.41, 5.74) is 3.87. The molecule has 0 saturated carbocycles. The van der Waals surface area contributed by atoms with Crippen molar-refractivity contribution in [3.8, 4) is 5.75 Å². The molecule has 2 heterocycles. The molecule has 0 radical (unpaired) electrons. The van der Waals surface area contributed by atoms with E-state index in [1.807, 2.05) is 12.1 Å². The highest BCUT2D eigenvalue weighted by molar-refractivity contribution is 5.82. The van der Waals surface area contributed by atoms with Crippen molar-refractivity contribution in [1.82, 2.24) is 15.5 Å². The Morgan fingerprint density at radius 3 is 2.56 bits per heavy atom. The van der Waals surface area contributed by atoms with Gasteiger partial charge in [-0.2, -0.15) is 0 Å². The maximum atomic E-state index is 13.1. The van der Waals surface area contributed by atoms with Crippen LogP contribution in [0, 0.1) is 5.92 Å². The van der Waals surface area contributed by atoms with E-state index >= 15 is 0 Å². The summed E-state index contributed by atoms with van der Waals surface area (Å²) in [6.07, 6.45) is 2.85. The van der Waals surface area contributed by atoms with Gasteiger partial charge in [0, 0.05) is 19.1 Å². The zero-order chi connectivity index (χ0) is 22.7. The van der Waals surface area contributed by atoms with E-state index in [1.165, 1.54) is 16.7 Å². The Labute approximate surface area is 192 Å². The SMILES string of the molecule is CC(C)[C@@H](CN1CCC(C)(c2cccc(O)c2)CC1)NC(=O)C1Cc2ccccc2CN1. The molecule has 172 valence electrons. The third-order valence-corrected chi connectivity index (χ3v) is 7.49. The van der Waals surface area contributed by atoms with Crippen molar-refractivity contribution in [3.05, 3.63) is 65.2 Å². The van der Waals surface area contributed by atoms with E-state index in [0.29, 0.717) is 11.7 Å². The summed E-state index contributed by atoms with van der Waals surface area (Å²) in [7, 11) is 0. The van der Waals surface area contributed by atoms with Gasteiger partial charge >= 0.3 is 0 Å². The Morgan fingerprint density at radius 1 is 1.16 bits per heavy atom. The summed E-state index contributed by atoms with van der Waals surface area (Å²) in [6, 6.07) is 16.0. The predicted octanol–water partition coefficient (Wildman–Crippen LogP) is 3.60. The molecule has 5 heteroatoms. The third-order valence-electron chi connectivity index (χ3n) is 7.49. The normalized spacial score (nSPS) is 21.7. The minimum absolute atomic E-state index is 0.0885. The van der Waals surface area contributed by atoms with Gasteiger partial charge in [0.15, 0.2) is 0 Å². The van der Waals surface area contributed by atoms with Crippen LogP contribution in [0.1, 0.15) is 50.3 Å². The highest BCUT2D eigenvalue weighted by atomic mass is 16.3. The largest absolute Gasteiger partial charge is 0.508 e. The second kappa shape index (κ2) is 9.63. The number of carbonyl (C=O) groups excluding carboxylic acids is 1. The highest BCUT2D eigenvalue weighted by Crippen LogP contribution is 2.36. The van der Waals surface area contributed by atoms with Crippen molar-refractivity contribution in [1.29, 1.82) is 0 Å². The van der Waals surface area contributed by atoms with Crippen LogP contribution in [0.15, 0.2) is 48.5 Å². The molecule has 1 fully saturated rings. The van der Waals surface area contributed by atoms with Gasteiger partial charge in [-0.05, 0) is 72.5 Å². The number of hydrogen-bond acceptors (Lipinski definition) is 4. The first-order chi connectivity index (χ1) is 15.3. The Kier molecular flexibility index (Phi) is 6.87. The van der Waals surface area contributed by atoms with Gasteiger partial charge in [-0.25, -0.2) is 0 Å². The smallest absolute Gasteiger partial charge is 0.237 e. The number of piperidine rings is 1. The van der Waals surface area contributed by atoms with Crippen LogP contribution in [0.25, 0.3) is 0 Å². The number of phenols is 1. The molecule has 2 aliphatic rings. The average Bonchev–Trinajstić information content (AvgIpc) is 2.79. The standard InChI is InChI=1S/C27H37N3O2/c1-19(2)25(29-26(32)24-15-20-7-4-5-8-21(20)17-28-24)18-30-13-11-27(3,12-14-30)22-9-6-10-23(31)16-22/h4-10,16,19,24-25,28,31H,11-15,17-18H2,1-3H3,(H,29,32)/t24?,25-/m1/s1. The molecule has 1 unspecified atom stereocenters. The predicted molar refractivity (Wildman–Crippen MR) is 129 cm³/mol. The molecule has 0 spiro atoms. The number of carbonyl (C=O) groups is 1. The summed E-state index contributed by atoms with van der Waals surface area (Å²) >= 11 is 0. The molecule has 4 rings (SSSR count). The van der Waals surface area contributed by atoms with Crippen molar-refractivity contribution < 1.29 is 9.90 Å². The second-order valence-corrected chi connectivity index (χ2v) is 10.2. The average molecular weight is 436 g/mol. The van der Waals surface area contributed by atoms with Gasteiger partial charge in [-0.1, -0.05) is 57.2 Å². The van der Waals surface area contributed by atoms with E-state index in [-0.39, 0.29) is 23.4 Å². The molecule has 1 amide bonds. The lowest BCUT2D eigenvalue weighted by Gasteiger charge is -2.41. The molecule has 2 atom stereocenters. The molecule has 2 aliphatic heterocycles. The van der Waals surface area contributed by atoms with E-state index in [1.54, 1.807) is 6.07 Å². The van der Waals surface area contributed by atoms with Gasteiger partial charge in [0.05, 0.1) is 6.04 Å². The van der Waals surface area contributed by atoms with Crippen LogP contribution in [-0.4, -0.2) is 47.6 Å². The zero-order valence-electron chi connectivity index (χ0n) is 19.6. The molecule has 1 saturated heterocycles. The van der Waals surface area contributed by atoms with Crippen molar-refractivity contribution >= 4 is 5.91 Å². The lowest BCUT2D eigenvalue weighted by molar-refractivity contribution is -0.124. The lowest BCUT2D eigenvalue weighted by Crippen LogP contribution is -2.55. The quantitative estimate of drug-likeness (QED) is 0.649. The first-order valence-corrected chi connectivity index (χ1v) is 12.0. The van der Waals surface area contributed by atoms with Crippen LogP contribution in [0.3, 0.4) is 0 Å². The van der Waals surface area contributed by atoms with Crippen molar-refractivity contribution in [2.24, 2.45) is 5.92 Å². The number of aromatic hydroxyl groups is 1. The van der Waals surface area contributed by atoms with E-state index in [0.717, 1.165) is 45.4 Å². The van der Waals surface area contributed by atoms with Gasteiger partial charge in [-0.15, -0.1) is 0 Å². The minimum atomic E-state index is -0.165. The summed E-state index contributed by atoms with van der Waals surface area (Å²) < 4.78 is 0. The number of nitrogens with one attached hydrogen (secondary N) is 2. The van der Waals surface area contributed by atoms with Gasteiger partial charge in [0.2, 0.25) is 5.91 Å². The molecule has 0 bridgehead atoms. The number of nitrogens with zero attached hydrogens (tertiary/aromatic N) is 1. The fourth-order valence-corrected chi connectivity index (χ4v) is 5.02. The van der Waals surface area contributed by atoms with Crippen LogP contribution in [-0.2, 0) is 23.2 Å². The minimum Gasteiger partial charge on any atom is -0.508 e. The Morgan fingerprint density at radius 2 is 1.88 bits per heavy atom. The highest BCUT2D eigenvalue weighted by Gasteiger charge is 2.34. The fourth-order valence-electron chi connectivity index (χ4n) is 5.02. The number of fused-ring (bicyclic) bond motifs is 1. The lowest BCUT2D eigenvalue weighted by atomic mass is 9.74. The van der Waals surface area contributed by atoms with E-state index < -0.39 is 0 Å². The zero-order valence-corrected chi connectivity index (χ0v) is 19.6. The van der Waals surface area contributed by atoms with Gasteiger partial charge in [0.1, 0.15) is 5.75 Å². The van der Waals surface area contributed by atoms with Crippen molar-refractivity contribution in [2.45, 2.75) is 64.1 Å². The van der Waals surface area contributed by atoms with Gasteiger partial charge < -0.3 is 20.6 Å². The second-order valence-electron chi connectivity index (χ2n) is 10.2. The molecule has 0 aromatic heterocycles. The monoisotopic (exact) mass is 435 g/mol. The van der Waals surface area contributed by atoms with Crippen LogP contribution >= 0.6 is 0 Å². The number of phenolic OH excluding ortho intramolecular Hbond substituents is 1. The summed E-state index contributed by atoms with van der Waals surface area (Å²) in [6.45, 7) is 10.3. The van der Waals surface area contributed by atoms with Gasteiger partial charge in [-0.3, -0.25) is 4.79 Å². The molecule has 0 aliphatic carbocycles. The number of benzene rings is 2. The number of hydrogen-bond donors (Lipinski definition) is 3. The molecule has 2 aromatic carbocycles. The molecule has 3 N–H and O–H groups in total.